The van der Waals surface area contributed by atoms with Gasteiger partial charge in [0.1, 0.15) is 0 Å². The van der Waals surface area contributed by atoms with Gasteiger partial charge in [-0.25, -0.2) is 0 Å². The van der Waals surface area contributed by atoms with Crippen molar-refractivity contribution in [1.82, 2.24) is 14.7 Å². The van der Waals surface area contributed by atoms with Gasteiger partial charge in [-0.05, 0) is 32.7 Å². The van der Waals surface area contributed by atoms with Crippen molar-refractivity contribution in [2.75, 3.05) is 26.8 Å². The van der Waals surface area contributed by atoms with E-state index in [0.29, 0.717) is 12.1 Å². The molecule has 0 saturated carbocycles. The maximum absolute atomic E-state index is 12.6. The lowest BCUT2D eigenvalue weighted by molar-refractivity contribution is 0.0361. The Morgan fingerprint density at radius 1 is 1.55 bits per heavy atom. The summed E-state index contributed by atoms with van der Waals surface area (Å²) < 4.78 is 7.20. The van der Waals surface area contributed by atoms with E-state index < -0.39 is 0 Å². The third-order valence-corrected chi connectivity index (χ3v) is 3.97. The quantitative estimate of drug-likeness (QED) is 0.865. The minimum atomic E-state index is 0.0494. The fourth-order valence-corrected chi connectivity index (χ4v) is 2.55. The number of ether oxygens (including phenoxy) is 1. The zero-order valence-electron chi connectivity index (χ0n) is 12.3. The van der Waals surface area contributed by atoms with Crippen LogP contribution in [0, 0.1) is 6.92 Å². The predicted octanol–water partition coefficient (Wildman–Crippen LogP) is 0.791. The molecule has 0 aromatic carbocycles. The highest BCUT2D eigenvalue weighted by atomic mass is 16.5. The molecule has 6 nitrogen and oxygen atoms in total. The number of aryl methyl sites for hydroxylation is 1. The van der Waals surface area contributed by atoms with E-state index in [1.807, 2.05) is 23.6 Å². The molecule has 0 aliphatic carbocycles. The van der Waals surface area contributed by atoms with Crippen LogP contribution in [-0.2, 0) is 11.3 Å². The summed E-state index contributed by atoms with van der Waals surface area (Å²) in [5, 5.41) is 4.29. The van der Waals surface area contributed by atoms with Gasteiger partial charge in [0.2, 0.25) is 0 Å². The van der Waals surface area contributed by atoms with Gasteiger partial charge in [-0.15, -0.1) is 0 Å². The molecule has 1 aliphatic rings. The lowest BCUT2D eigenvalue weighted by atomic mass is 10.1. The van der Waals surface area contributed by atoms with Crippen molar-refractivity contribution in [3.05, 3.63) is 17.5 Å². The second kappa shape index (κ2) is 6.85. The highest BCUT2D eigenvalue weighted by Crippen LogP contribution is 2.17. The molecule has 0 unspecified atom stereocenters. The topological polar surface area (TPSA) is 73.4 Å². The van der Waals surface area contributed by atoms with Crippen LogP contribution in [-0.4, -0.2) is 53.4 Å². The van der Waals surface area contributed by atoms with Gasteiger partial charge >= 0.3 is 0 Å². The summed E-state index contributed by atoms with van der Waals surface area (Å²) >= 11 is 0. The number of nitrogens with zero attached hydrogens (tertiary/aromatic N) is 3. The van der Waals surface area contributed by atoms with E-state index in [4.69, 9.17) is 10.5 Å². The average molecular weight is 280 g/mol. The molecule has 0 atom stereocenters. The molecule has 2 heterocycles. The number of aromatic nitrogens is 2. The molecular weight excluding hydrogens is 256 g/mol. The van der Waals surface area contributed by atoms with Gasteiger partial charge in [0.05, 0.1) is 11.8 Å². The van der Waals surface area contributed by atoms with Crippen molar-refractivity contribution in [3.63, 3.8) is 0 Å². The zero-order chi connectivity index (χ0) is 14.5. The first-order valence-corrected chi connectivity index (χ1v) is 7.22. The van der Waals surface area contributed by atoms with Crippen molar-refractivity contribution >= 4 is 5.91 Å². The minimum Gasteiger partial charge on any atom is -0.381 e. The highest BCUT2D eigenvalue weighted by Gasteiger charge is 2.25. The van der Waals surface area contributed by atoms with Crippen LogP contribution >= 0.6 is 0 Å². The molecule has 6 heteroatoms. The maximum atomic E-state index is 12.6. The lowest BCUT2D eigenvalue weighted by Gasteiger charge is -2.31. The monoisotopic (exact) mass is 280 g/mol. The van der Waals surface area contributed by atoms with E-state index in [1.54, 1.807) is 6.20 Å². The van der Waals surface area contributed by atoms with Gasteiger partial charge in [-0.2, -0.15) is 5.10 Å². The Balaban J connectivity index is 2.06. The molecule has 1 fully saturated rings. The van der Waals surface area contributed by atoms with Crippen molar-refractivity contribution in [2.24, 2.45) is 5.73 Å². The number of hydrogen-bond donors (Lipinski definition) is 1. The molecule has 2 N–H and O–H groups in total. The molecule has 20 heavy (non-hydrogen) atoms. The molecule has 0 spiro atoms. The van der Waals surface area contributed by atoms with Gasteiger partial charge in [-0.1, -0.05) is 0 Å². The van der Waals surface area contributed by atoms with Gasteiger partial charge in [0.25, 0.3) is 5.91 Å². The number of hydrogen-bond acceptors (Lipinski definition) is 4. The molecular formula is C14H24N4O2. The summed E-state index contributed by atoms with van der Waals surface area (Å²) in [5.41, 5.74) is 7.12. The van der Waals surface area contributed by atoms with Gasteiger partial charge in [0.15, 0.2) is 0 Å². The Morgan fingerprint density at radius 2 is 2.25 bits per heavy atom. The summed E-state index contributed by atoms with van der Waals surface area (Å²) in [7, 11) is 1.87. The van der Waals surface area contributed by atoms with E-state index in [-0.39, 0.29) is 11.9 Å². The standard InChI is InChI=1S/C14H24N4O2/c1-11-13(10-16-18(11)7-3-6-15)14(19)17(2)12-4-8-20-9-5-12/h10,12H,3-9,15H2,1-2H3. The molecule has 1 aromatic rings. The third kappa shape index (κ3) is 3.19. The van der Waals surface area contributed by atoms with E-state index in [1.165, 1.54) is 0 Å². The molecule has 0 bridgehead atoms. The molecule has 1 saturated heterocycles. The van der Waals surface area contributed by atoms with E-state index >= 15 is 0 Å². The third-order valence-electron chi connectivity index (χ3n) is 3.97. The maximum Gasteiger partial charge on any atom is 0.257 e. The lowest BCUT2D eigenvalue weighted by Crippen LogP contribution is -2.40. The predicted molar refractivity (Wildman–Crippen MR) is 76.6 cm³/mol. The fraction of sp³-hybridized carbons (Fsp3) is 0.714. The largest absolute Gasteiger partial charge is 0.381 e. The molecule has 2 rings (SSSR count). The van der Waals surface area contributed by atoms with E-state index in [9.17, 15) is 4.79 Å². The second-order valence-corrected chi connectivity index (χ2v) is 5.27. The first kappa shape index (κ1) is 15.0. The Labute approximate surface area is 119 Å². The fourth-order valence-electron chi connectivity index (χ4n) is 2.55. The number of rotatable bonds is 5. The van der Waals surface area contributed by atoms with E-state index in [2.05, 4.69) is 5.10 Å². The van der Waals surface area contributed by atoms with Crippen molar-refractivity contribution < 1.29 is 9.53 Å². The summed E-state index contributed by atoms with van der Waals surface area (Å²) in [5.74, 6) is 0.0494. The van der Waals surface area contributed by atoms with Crippen molar-refractivity contribution in [2.45, 2.75) is 38.8 Å². The number of amides is 1. The van der Waals surface area contributed by atoms with Gasteiger partial charge in [0, 0.05) is 38.5 Å². The van der Waals surface area contributed by atoms with Gasteiger partial charge in [-0.3, -0.25) is 9.48 Å². The summed E-state index contributed by atoms with van der Waals surface area (Å²) in [6.45, 7) is 4.80. The molecule has 1 amide bonds. The normalized spacial score (nSPS) is 16.4. The van der Waals surface area contributed by atoms with Crippen LogP contribution in [0.1, 0.15) is 35.3 Å². The Bertz CT molecular complexity index is 452. The molecule has 112 valence electrons. The summed E-state index contributed by atoms with van der Waals surface area (Å²) in [6.07, 6.45) is 4.35. The van der Waals surface area contributed by atoms with Crippen LogP contribution in [0.2, 0.25) is 0 Å². The number of carbonyl (C=O) groups is 1. The number of carbonyl (C=O) groups excluding carboxylic acids is 1. The van der Waals surface area contributed by atoms with Gasteiger partial charge < -0.3 is 15.4 Å². The zero-order valence-corrected chi connectivity index (χ0v) is 12.3. The van der Waals surface area contributed by atoms with E-state index in [0.717, 1.165) is 44.7 Å². The molecule has 0 radical (unpaired) electrons. The van der Waals surface area contributed by atoms with Crippen LogP contribution in [0.3, 0.4) is 0 Å². The van der Waals surface area contributed by atoms with Crippen molar-refractivity contribution in [3.8, 4) is 0 Å². The van der Waals surface area contributed by atoms with Crippen LogP contribution in [0.25, 0.3) is 0 Å². The Morgan fingerprint density at radius 3 is 2.90 bits per heavy atom. The van der Waals surface area contributed by atoms with Crippen LogP contribution in [0.4, 0.5) is 0 Å². The highest BCUT2D eigenvalue weighted by molar-refractivity contribution is 5.95. The average Bonchev–Trinajstić information content (AvgIpc) is 2.85. The van der Waals surface area contributed by atoms with Crippen LogP contribution in [0.5, 0.6) is 0 Å². The first-order chi connectivity index (χ1) is 9.65. The molecule has 1 aromatic heterocycles. The Kier molecular flexibility index (Phi) is 5.14. The first-order valence-electron chi connectivity index (χ1n) is 7.22. The summed E-state index contributed by atoms with van der Waals surface area (Å²) in [4.78, 5) is 14.4. The SMILES string of the molecule is Cc1c(C(=O)N(C)C2CCOCC2)cnn1CCCN. The summed E-state index contributed by atoms with van der Waals surface area (Å²) in [6, 6.07) is 0.267. The second-order valence-electron chi connectivity index (χ2n) is 5.27. The van der Waals surface area contributed by atoms with Crippen molar-refractivity contribution in [1.29, 1.82) is 0 Å². The smallest absolute Gasteiger partial charge is 0.257 e. The molecule has 1 aliphatic heterocycles. The Hall–Kier alpha value is -1.40. The number of nitrogens with two attached hydrogens (primary N) is 1. The van der Waals surface area contributed by atoms with Crippen LogP contribution < -0.4 is 5.73 Å². The minimum absolute atomic E-state index is 0.0494. The van der Waals surface area contributed by atoms with Crippen LogP contribution in [0.15, 0.2) is 6.20 Å².